The van der Waals surface area contributed by atoms with Crippen LogP contribution in [0.15, 0.2) is 23.5 Å². The molecule has 4 N–H and O–H groups in total. The van der Waals surface area contributed by atoms with Gasteiger partial charge in [0.05, 0.1) is 0 Å². The van der Waals surface area contributed by atoms with E-state index in [0.29, 0.717) is 5.69 Å². The first-order valence-electron chi connectivity index (χ1n) is 6.65. The highest BCUT2D eigenvalue weighted by molar-refractivity contribution is 5.95. The Morgan fingerprint density at radius 3 is 3.00 bits per heavy atom. The van der Waals surface area contributed by atoms with Crippen molar-refractivity contribution < 1.29 is 5.21 Å². The number of likely N-dealkylation sites (tertiary alicyclic amines) is 1. The van der Waals surface area contributed by atoms with Crippen molar-refractivity contribution in [3.63, 3.8) is 0 Å². The summed E-state index contributed by atoms with van der Waals surface area (Å²) in [7, 11) is 0. The fourth-order valence-corrected chi connectivity index (χ4v) is 2.25. The fraction of sp³-hybridized carbons (Fsp3) is 0.538. The molecule has 2 heterocycles. The van der Waals surface area contributed by atoms with Crippen LogP contribution < -0.4 is 11.1 Å². The Hall–Kier alpha value is -1.66. The van der Waals surface area contributed by atoms with Crippen molar-refractivity contribution in [1.29, 1.82) is 0 Å². The SMILES string of the molecule is NC(=NO)c1cc(CNCCN2CCCC2)ccn1. The number of nitrogens with two attached hydrogens (primary N) is 1. The predicted octanol–water partition coefficient (Wildman–Crippen LogP) is 0.362. The Morgan fingerprint density at radius 2 is 2.26 bits per heavy atom. The molecule has 1 aliphatic rings. The molecule has 19 heavy (non-hydrogen) atoms. The lowest BCUT2D eigenvalue weighted by Crippen LogP contribution is -2.29. The van der Waals surface area contributed by atoms with E-state index in [2.05, 4.69) is 20.4 Å². The lowest BCUT2D eigenvalue weighted by Gasteiger charge is -2.14. The van der Waals surface area contributed by atoms with E-state index >= 15 is 0 Å². The van der Waals surface area contributed by atoms with E-state index in [1.165, 1.54) is 25.9 Å². The van der Waals surface area contributed by atoms with E-state index in [1.807, 2.05) is 12.1 Å². The van der Waals surface area contributed by atoms with Crippen molar-refractivity contribution in [1.82, 2.24) is 15.2 Å². The fourth-order valence-electron chi connectivity index (χ4n) is 2.25. The van der Waals surface area contributed by atoms with Crippen LogP contribution >= 0.6 is 0 Å². The summed E-state index contributed by atoms with van der Waals surface area (Å²) in [6.07, 6.45) is 4.33. The number of aromatic nitrogens is 1. The molecule has 0 atom stereocenters. The highest BCUT2D eigenvalue weighted by atomic mass is 16.4. The Morgan fingerprint density at radius 1 is 1.47 bits per heavy atom. The van der Waals surface area contributed by atoms with Crippen molar-refractivity contribution in [2.45, 2.75) is 19.4 Å². The highest BCUT2D eigenvalue weighted by Crippen LogP contribution is 2.06. The van der Waals surface area contributed by atoms with Gasteiger partial charge in [-0.3, -0.25) is 4.98 Å². The number of hydrogen-bond donors (Lipinski definition) is 3. The van der Waals surface area contributed by atoms with Gasteiger partial charge in [0.1, 0.15) is 5.69 Å². The van der Waals surface area contributed by atoms with Gasteiger partial charge in [0.25, 0.3) is 0 Å². The molecule has 0 radical (unpaired) electrons. The van der Waals surface area contributed by atoms with Gasteiger partial charge in [-0.2, -0.15) is 0 Å². The van der Waals surface area contributed by atoms with Crippen LogP contribution in [0.5, 0.6) is 0 Å². The van der Waals surface area contributed by atoms with Gasteiger partial charge in [0, 0.05) is 25.8 Å². The van der Waals surface area contributed by atoms with Gasteiger partial charge in [-0.1, -0.05) is 5.16 Å². The van der Waals surface area contributed by atoms with Crippen LogP contribution in [0.2, 0.25) is 0 Å². The summed E-state index contributed by atoms with van der Waals surface area (Å²) in [6, 6.07) is 3.76. The van der Waals surface area contributed by atoms with Gasteiger partial charge in [0.15, 0.2) is 5.84 Å². The lowest BCUT2D eigenvalue weighted by atomic mass is 10.2. The van der Waals surface area contributed by atoms with Crippen LogP contribution in [-0.4, -0.2) is 47.1 Å². The third-order valence-corrected chi connectivity index (χ3v) is 3.33. The molecule has 1 saturated heterocycles. The van der Waals surface area contributed by atoms with Crippen LogP contribution in [0.4, 0.5) is 0 Å². The zero-order valence-corrected chi connectivity index (χ0v) is 11.0. The molecule has 0 bridgehead atoms. The summed E-state index contributed by atoms with van der Waals surface area (Å²) in [4.78, 5) is 6.52. The zero-order valence-electron chi connectivity index (χ0n) is 11.0. The minimum atomic E-state index is 0.0407. The van der Waals surface area contributed by atoms with Gasteiger partial charge < -0.3 is 21.2 Å². The molecule has 0 spiro atoms. The molecule has 6 nitrogen and oxygen atoms in total. The molecule has 1 aromatic heterocycles. The summed E-state index contributed by atoms with van der Waals surface area (Å²) >= 11 is 0. The molecular weight excluding hydrogens is 242 g/mol. The third-order valence-electron chi connectivity index (χ3n) is 3.33. The number of nitrogens with zero attached hydrogens (tertiary/aromatic N) is 3. The Bertz CT molecular complexity index is 429. The average molecular weight is 263 g/mol. The van der Waals surface area contributed by atoms with Gasteiger partial charge >= 0.3 is 0 Å². The summed E-state index contributed by atoms with van der Waals surface area (Å²) in [5.41, 5.74) is 7.09. The molecule has 6 heteroatoms. The van der Waals surface area contributed by atoms with Crippen molar-refractivity contribution in [2.75, 3.05) is 26.2 Å². The topological polar surface area (TPSA) is 86.8 Å². The minimum absolute atomic E-state index is 0.0407. The second-order valence-electron chi connectivity index (χ2n) is 4.76. The number of pyridine rings is 1. The Kier molecular flexibility index (Phi) is 5.11. The molecule has 104 valence electrons. The summed E-state index contributed by atoms with van der Waals surface area (Å²) in [5.74, 6) is 0.0407. The Labute approximate surface area is 113 Å². The molecule has 0 aliphatic carbocycles. The molecule has 1 aliphatic heterocycles. The minimum Gasteiger partial charge on any atom is -0.409 e. The Balaban J connectivity index is 1.76. The third kappa shape index (κ3) is 4.18. The van der Waals surface area contributed by atoms with E-state index in [9.17, 15) is 0 Å². The van der Waals surface area contributed by atoms with Crippen LogP contribution in [0.25, 0.3) is 0 Å². The first-order valence-corrected chi connectivity index (χ1v) is 6.65. The molecule has 1 fully saturated rings. The van der Waals surface area contributed by atoms with Crippen molar-refractivity contribution in [3.05, 3.63) is 29.6 Å². The number of oxime groups is 1. The maximum Gasteiger partial charge on any atom is 0.188 e. The number of rotatable bonds is 6. The lowest BCUT2D eigenvalue weighted by molar-refractivity contribution is 0.318. The molecule has 0 aromatic carbocycles. The summed E-state index contributed by atoms with van der Waals surface area (Å²) < 4.78 is 0. The van der Waals surface area contributed by atoms with E-state index in [1.54, 1.807) is 6.20 Å². The molecule has 0 amide bonds. The number of amidine groups is 1. The molecule has 0 unspecified atom stereocenters. The van der Waals surface area contributed by atoms with Gasteiger partial charge in [-0.05, 0) is 43.6 Å². The average Bonchev–Trinajstić information content (AvgIpc) is 2.96. The maximum atomic E-state index is 8.62. The molecule has 2 rings (SSSR count). The van der Waals surface area contributed by atoms with Crippen molar-refractivity contribution in [2.24, 2.45) is 10.9 Å². The standard InChI is InChI=1S/C13H21N5O/c14-13(17-19)12-9-11(3-4-16-12)10-15-5-8-18-6-1-2-7-18/h3-4,9,15,19H,1-2,5-8,10H2,(H2,14,17). The predicted molar refractivity (Wildman–Crippen MR) is 74.1 cm³/mol. The number of nitrogens with one attached hydrogen (secondary N) is 1. The van der Waals surface area contributed by atoms with Gasteiger partial charge in [-0.25, -0.2) is 0 Å². The van der Waals surface area contributed by atoms with Crippen molar-refractivity contribution >= 4 is 5.84 Å². The van der Waals surface area contributed by atoms with E-state index < -0.39 is 0 Å². The molecular formula is C13H21N5O. The zero-order chi connectivity index (χ0) is 13.5. The van der Waals surface area contributed by atoms with Crippen LogP contribution in [0, 0.1) is 0 Å². The summed E-state index contributed by atoms with van der Waals surface area (Å²) in [6.45, 7) is 5.29. The van der Waals surface area contributed by atoms with Crippen molar-refractivity contribution in [3.8, 4) is 0 Å². The normalized spacial score (nSPS) is 16.9. The van der Waals surface area contributed by atoms with Crippen LogP contribution in [0.1, 0.15) is 24.1 Å². The maximum absolute atomic E-state index is 8.62. The second-order valence-corrected chi connectivity index (χ2v) is 4.76. The van der Waals surface area contributed by atoms with E-state index in [-0.39, 0.29) is 5.84 Å². The monoisotopic (exact) mass is 263 g/mol. The smallest absolute Gasteiger partial charge is 0.188 e. The second kappa shape index (κ2) is 7.06. The summed E-state index contributed by atoms with van der Waals surface area (Å²) in [5, 5.41) is 15.0. The first kappa shape index (κ1) is 13.8. The largest absolute Gasteiger partial charge is 0.409 e. The highest BCUT2D eigenvalue weighted by Gasteiger charge is 2.10. The van der Waals surface area contributed by atoms with Crippen LogP contribution in [0.3, 0.4) is 0 Å². The van der Waals surface area contributed by atoms with Gasteiger partial charge in [0.2, 0.25) is 0 Å². The molecule has 1 aromatic rings. The molecule has 0 saturated carbocycles. The van der Waals surface area contributed by atoms with Crippen LogP contribution in [-0.2, 0) is 6.54 Å². The quantitative estimate of drug-likeness (QED) is 0.227. The van der Waals surface area contributed by atoms with Gasteiger partial charge in [-0.15, -0.1) is 0 Å². The van der Waals surface area contributed by atoms with E-state index in [4.69, 9.17) is 10.9 Å². The number of hydrogen-bond acceptors (Lipinski definition) is 5. The first-order chi connectivity index (χ1) is 9.29. The van der Waals surface area contributed by atoms with E-state index in [0.717, 1.165) is 25.2 Å².